The minimum absolute atomic E-state index is 0.0968. The van der Waals surface area contributed by atoms with Crippen LogP contribution in [0.5, 0.6) is 0 Å². The Morgan fingerprint density at radius 3 is 2.82 bits per heavy atom. The quantitative estimate of drug-likeness (QED) is 0.687. The summed E-state index contributed by atoms with van der Waals surface area (Å²) in [6.45, 7) is 4.88. The summed E-state index contributed by atoms with van der Waals surface area (Å²) in [5.41, 5.74) is 1.51. The van der Waals surface area contributed by atoms with E-state index in [-0.39, 0.29) is 29.2 Å². The fourth-order valence-corrected chi connectivity index (χ4v) is 3.85. The van der Waals surface area contributed by atoms with Gasteiger partial charge in [0.15, 0.2) is 0 Å². The largest absolute Gasteiger partial charge is 0.338 e. The van der Waals surface area contributed by atoms with E-state index in [9.17, 15) is 13.6 Å². The highest BCUT2D eigenvalue weighted by Crippen LogP contribution is 2.34. The Labute approximate surface area is 160 Å². The van der Waals surface area contributed by atoms with E-state index >= 15 is 0 Å². The van der Waals surface area contributed by atoms with Crippen LogP contribution in [-0.4, -0.2) is 53.3 Å². The molecule has 148 valence electrons. The number of amides is 1. The molecule has 1 fully saturated rings. The molecular formula is C18H21F2N7O. The maximum Gasteiger partial charge on any atom is 0.280 e. The summed E-state index contributed by atoms with van der Waals surface area (Å²) in [5, 5.41) is 8.39. The number of hydrogen-bond donors (Lipinski definition) is 0. The molecule has 0 unspecified atom stereocenters. The highest BCUT2D eigenvalue weighted by atomic mass is 19.3. The lowest BCUT2D eigenvalue weighted by Gasteiger charge is -2.37. The van der Waals surface area contributed by atoms with E-state index in [2.05, 4.69) is 27.1 Å². The number of hydrogen-bond acceptors (Lipinski definition) is 5. The molecule has 0 radical (unpaired) electrons. The van der Waals surface area contributed by atoms with Gasteiger partial charge in [-0.1, -0.05) is 6.92 Å². The van der Waals surface area contributed by atoms with Crippen LogP contribution in [0.15, 0.2) is 18.6 Å². The normalized spacial score (nSPS) is 20.3. The topological polar surface area (TPSA) is 81.2 Å². The van der Waals surface area contributed by atoms with Crippen LogP contribution < -0.4 is 0 Å². The third kappa shape index (κ3) is 3.12. The van der Waals surface area contributed by atoms with Crippen LogP contribution in [0.1, 0.15) is 53.1 Å². The number of fused-ring (bicyclic) bond motifs is 1. The molecule has 10 heteroatoms. The number of aryl methyl sites for hydroxylation is 2. The Balaban J connectivity index is 1.70. The first-order valence-corrected chi connectivity index (χ1v) is 9.13. The second-order valence-electron chi connectivity index (χ2n) is 7.30. The SMILES string of the molecule is Cc1nn(C)cc1C(=O)N1CC[C@@H](C)[C@H](c2cc(C(F)F)nc3ncnn23)C1. The van der Waals surface area contributed by atoms with Gasteiger partial charge >= 0.3 is 0 Å². The third-order valence-electron chi connectivity index (χ3n) is 5.39. The standard InChI is InChI=1S/C18H21F2N7O/c1-10-4-5-26(17(28)13-7-25(3)24-11(13)2)8-12(10)15-6-14(16(19)20)23-18-21-9-22-27(15)18/h6-7,9-10,12,16H,4-5,8H2,1-3H3/t10-,12-/m1/s1. The van der Waals surface area contributed by atoms with Gasteiger partial charge in [-0.25, -0.2) is 18.3 Å². The summed E-state index contributed by atoms with van der Waals surface area (Å²) >= 11 is 0. The smallest absolute Gasteiger partial charge is 0.280 e. The molecule has 3 aromatic heterocycles. The Hall–Kier alpha value is -2.91. The number of halogens is 2. The van der Waals surface area contributed by atoms with Gasteiger partial charge in [0.25, 0.3) is 18.1 Å². The lowest BCUT2D eigenvalue weighted by molar-refractivity contribution is 0.0664. The first kappa shape index (κ1) is 18.5. The number of aromatic nitrogens is 6. The predicted molar refractivity (Wildman–Crippen MR) is 96.1 cm³/mol. The number of rotatable bonds is 3. The first-order valence-electron chi connectivity index (χ1n) is 9.13. The zero-order valence-corrected chi connectivity index (χ0v) is 15.9. The predicted octanol–water partition coefficient (Wildman–Crippen LogP) is 2.37. The van der Waals surface area contributed by atoms with Crippen LogP contribution in [0.2, 0.25) is 0 Å². The number of likely N-dealkylation sites (tertiary alicyclic amines) is 1. The van der Waals surface area contributed by atoms with Crippen LogP contribution in [0.3, 0.4) is 0 Å². The molecule has 2 atom stereocenters. The molecule has 0 aliphatic carbocycles. The van der Waals surface area contributed by atoms with Gasteiger partial charge in [0.1, 0.15) is 12.0 Å². The van der Waals surface area contributed by atoms with Gasteiger partial charge < -0.3 is 4.90 Å². The minimum Gasteiger partial charge on any atom is -0.338 e. The fourth-order valence-electron chi connectivity index (χ4n) is 3.85. The van der Waals surface area contributed by atoms with Crippen LogP contribution in [0, 0.1) is 12.8 Å². The van der Waals surface area contributed by atoms with Gasteiger partial charge in [-0.05, 0) is 25.3 Å². The van der Waals surface area contributed by atoms with Crippen LogP contribution in [0.25, 0.3) is 5.78 Å². The molecule has 3 aromatic rings. The number of carbonyl (C=O) groups is 1. The van der Waals surface area contributed by atoms with E-state index in [1.54, 1.807) is 29.7 Å². The molecule has 0 bridgehead atoms. The minimum atomic E-state index is -2.70. The monoisotopic (exact) mass is 389 g/mol. The summed E-state index contributed by atoms with van der Waals surface area (Å²) in [6, 6.07) is 1.39. The van der Waals surface area contributed by atoms with Gasteiger partial charge in [0.2, 0.25) is 0 Å². The van der Waals surface area contributed by atoms with Crippen LogP contribution in [0.4, 0.5) is 8.78 Å². The molecule has 0 spiro atoms. The molecule has 1 aliphatic rings. The first-order chi connectivity index (χ1) is 13.3. The van der Waals surface area contributed by atoms with Gasteiger partial charge in [0.05, 0.1) is 17.0 Å². The molecule has 1 amide bonds. The van der Waals surface area contributed by atoms with E-state index in [4.69, 9.17) is 0 Å². The van der Waals surface area contributed by atoms with Crippen molar-refractivity contribution in [2.24, 2.45) is 13.0 Å². The molecule has 0 aromatic carbocycles. The van der Waals surface area contributed by atoms with Gasteiger partial charge in [-0.15, -0.1) is 0 Å². The Bertz CT molecular complexity index is 1030. The highest BCUT2D eigenvalue weighted by molar-refractivity contribution is 5.95. The van der Waals surface area contributed by atoms with Gasteiger partial charge in [-0.3, -0.25) is 9.48 Å². The van der Waals surface area contributed by atoms with Crippen molar-refractivity contribution in [2.75, 3.05) is 13.1 Å². The van der Waals surface area contributed by atoms with Gasteiger partial charge in [0, 0.05) is 32.3 Å². The third-order valence-corrected chi connectivity index (χ3v) is 5.39. The zero-order valence-electron chi connectivity index (χ0n) is 15.9. The molecule has 8 nitrogen and oxygen atoms in total. The summed E-state index contributed by atoms with van der Waals surface area (Å²) in [5.74, 6) is 0.0887. The summed E-state index contributed by atoms with van der Waals surface area (Å²) in [4.78, 5) is 22.6. The van der Waals surface area contributed by atoms with Crippen molar-refractivity contribution < 1.29 is 13.6 Å². The summed E-state index contributed by atoms with van der Waals surface area (Å²) < 4.78 is 29.8. The Morgan fingerprint density at radius 2 is 2.14 bits per heavy atom. The summed E-state index contributed by atoms with van der Waals surface area (Å²) in [7, 11) is 1.77. The molecule has 0 N–H and O–H groups in total. The van der Waals surface area contributed by atoms with Crippen molar-refractivity contribution in [1.29, 1.82) is 0 Å². The fraction of sp³-hybridized carbons (Fsp3) is 0.500. The highest BCUT2D eigenvalue weighted by Gasteiger charge is 2.34. The Kier molecular flexibility index (Phi) is 4.56. The molecule has 28 heavy (non-hydrogen) atoms. The van der Waals surface area contributed by atoms with E-state index in [0.29, 0.717) is 30.0 Å². The maximum absolute atomic E-state index is 13.3. The van der Waals surface area contributed by atoms with E-state index < -0.39 is 6.43 Å². The second kappa shape index (κ2) is 6.92. The maximum atomic E-state index is 13.3. The molecule has 0 saturated carbocycles. The molecule has 1 aliphatic heterocycles. The van der Waals surface area contributed by atoms with Crippen LogP contribution in [-0.2, 0) is 7.05 Å². The number of nitrogens with zero attached hydrogens (tertiary/aromatic N) is 7. The number of piperidine rings is 1. The lowest BCUT2D eigenvalue weighted by atomic mass is 9.84. The van der Waals surface area contributed by atoms with Crippen molar-refractivity contribution in [3.05, 3.63) is 41.2 Å². The van der Waals surface area contributed by atoms with E-state index in [0.717, 1.165) is 6.42 Å². The molecule has 1 saturated heterocycles. The zero-order chi connectivity index (χ0) is 20.0. The Morgan fingerprint density at radius 1 is 1.36 bits per heavy atom. The molecular weight excluding hydrogens is 368 g/mol. The van der Waals surface area contributed by atoms with Crippen molar-refractivity contribution in [3.63, 3.8) is 0 Å². The van der Waals surface area contributed by atoms with Crippen molar-refractivity contribution in [2.45, 2.75) is 32.6 Å². The van der Waals surface area contributed by atoms with Crippen molar-refractivity contribution in [3.8, 4) is 0 Å². The second-order valence-corrected chi connectivity index (χ2v) is 7.30. The number of alkyl halides is 2. The van der Waals surface area contributed by atoms with Gasteiger partial charge in [-0.2, -0.15) is 15.2 Å². The summed E-state index contributed by atoms with van der Waals surface area (Å²) in [6.07, 6.45) is 1.08. The molecule has 4 heterocycles. The van der Waals surface area contributed by atoms with Crippen molar-refractivity contribution in [1.82, 2.24) is 34.3 Å². The van der Waals surface area contributed by atoms with Crippen molar-refractivity contribution >= 4 is 11.7 Å². The van der Waals surface area contributed by atoms with E-state index in [1.165, 1.54) is 16.9 Å². The molecule has 4 rings (SSSR count). The number of carbonyl (C=O) groups excluding carboxylic acids is 1. The van der Waals surface area contributed by atoms with Crippen LogP contribution >= 0.6 is 0 Å². The lowest BCUT2D eigenvalue weighted by Crippen LogP contribution is -2.42. The average Bonchev–Trinajstić information content (AvgIpc) is 3.26. The van der Waals surface area contributed by atoms with E-state index in [1.807, 2.05) is 0 Å². The average molecular weight is 389 g/mol.